The van der Waals surface area contributed by atoms with E-state index in [4.69, 9.17) is 9.15 Å². The summed E-state index contributed by atoms with van der Waals surface area (Å²) < 4.78 is 10.7. The molecule has 2 rings (SSSR count). The molecule has 0 aliphatic heterocycles. The van der Waals surface area contributed by atoms with E-state index in [1.54, 1.807) is 25.3 Å². The average Bonchev–Trinajstić information content (AvgIpc) is 2.76. The predicted octanol–water partition coefficient (Wildman–Crippen LogP) is 2.26. The summed E-state index contributed by atoms with van der Waals surface area (Å²) in [5.74, 6) is -0.529. The SMILES string of the molecule is COC(C)CNCc1oc2ccccc2c1C(=O)O. The van der Waals surface area contributed by atoms with Crippen LogP contribution in [0.15, 0.2) is 28.7 Å². The highest BCUT2D eigenvalue weighted by Crippen LogP contribution is 2.25. The van der Waals surface area contributed by atoms with E-state index in [1.165, 1.54) is 0 Å². The number of aromatic carboxylic acids is 1. The Morgan fingerprint density at radius 1 is 1.47 bits per heavy atom. The summed E-state index contributed by atoms with van der Waals surface area (Å²) in [5, 5.41) is 13.1. The van der Waals surface area contributed by atoms with Crippen molar-refractivity contribution in [3.05, 3.63) is 35.6 Å². The molecule has 0 radical (unpaired) electrons. The summed E-state index contributed by atoms with van der Waals surface area (Å²) in [6.45, 7) is 2.93. The molecule has 0 amide bonds. The van der Waals surface area contributed by atoms with Gasteiger partial charge >= 0.3 is 5.97 Å². The second-order valence-electron chi connectivity index (χ2n) is 4.38. The fourth-order valence-corrected chi connectivity index (χ4v) is 1.93. The molecule has 1 aromatic carbocycles. The number of ether oxygens (including phenoxy) is 1. The number of carbonyl (C=O) groups is 1. The van der Waals surface area contributed by atoms with E-state index in [0.29, 0.717) is 29.8 Å². The van der Waals surface area contributed by atoms with Crippen LogP contribution in [0.4, 0.5) is 0 Å². The van der Waals surface area contributed by atoms with Crippen LogP contribution < -0.4 is 5.32 Å². The van der Waals surface area contributed by atoms with E-state index in [0.717, 1.165) is 0 Å². The normalized spacial score (nSPS) is 12.7. The fourth-order valence-electron chi connectivity index (χ4n) is 1.93. The van der Waals surface area contributed by atoms with Crippen LogP contribution in [0.3, 0.4) is 0 Å². The van der Waals surface area contributed by atoms with Gasteiger partial charge in [-0.3, -0.25) is 0 Å². The third-order valence-electron chi connectivity index (χ3n) is 3.00. The van der Waals surface area contributed by atoms with Crippen molar-refractivity contribution in [1.29, 1.82) is 0 Å². The summed E-state index contributed by atoms with van der Waals surface area (Å²) >= 11 is 0. The highest BCUT2D eigenvalue weighted by atomic mass is 16.5. The number of hydrogen-bond acceptors (Lipinski definition) is 4. The minimum absolute atomic E-state index is 0.0673. The molecule has 0 fully saturated rings. The van der Waals surface area contributed by atoms with Gasteiger partial charge in [-0.05, 0) is 13.0 Å². The molecule has 5 nitrogen and oxygen atoms in total. The Kier molecular flexibility index (Phi) is 4.19. The molecular formula is C14H17NO4. The lowest BCUT2D eigenvalue weighted by molar-refractivity contribution is 0.0696. The number of methoxy groups -OCH3 is 1. The lowest BCUT2D eigenvalue weighted by atomic mass is 10.1. The molecule has 0 saturated heterocycles. The van der Waals surface area contributed by atoms with Crippen molar-refractivity contribution in [2.24, 2.45) is 0 Å². The van der Waals surface area contributed by atoms with Gasteiger partial charge in [0.25, 0.3) is 0 Å². The van der Waals surface area contributed by atoms with Crippen LogP contribution in [0.25, 0.3) is 11.0 Å². The molecule has 0 bridgehead atoms. The van der Waals surface area contributed by atoms with E-state index in [2.05, 4.69) is 5.32 Å². The first-order valence-corrected chi connectivity index (χ1v) is 6.10. The number of carboxylic acid groups (broad SMARTS) is 1. The fraction of sp³-hybridized carbons (Fsp3) is 0.357. The van der Waals surface area contributed by atoms with Crippen molar-refractivity contribution >= 4 is 16.9 Å². The van der Waals surface area contributed by atoms with Gasteiger partial charge in [-0.25, -0.2) is 4.79 Å². The second-order valence-corrected chi connectivity index (χ2v) is 4.38. The maximum atomic E-state index is 11.3. The number of hydrogen-bond donors (Lipinski definition) is 2. The van der Waals surface area contributed by atoms with Crippen molar-refractivity contribution in [2.45, 2.75) is 19.6 Å². The third kappa shape index (κ3) is 2.94. The molecule has 2 aromatic rings. The molecule has 0 aliphatic carbocycles. The van der Waals surface area contributed by atoms with E-state index in [1.807, 2.05) is 13.0 Å². The van der Waals surface area contributed by atoms with Crippen LogP contribution in [0.2, 0.25) is 0 Å². The number of furan rings is 1. The minimum atomic E-state index is -0.971. The van der Waals surface area contributed by atoms with Crippen molar-refractivity contribution in [1.82, 2.24) is 5.32 Å². The van der Waals surface area contributed by atoms with Gasteiger partial charge in [0, 0.05) is 19.0 Å². The largest absolute Gasteiger partial charge is 0.478 e. The van der Waals surface area contributed by atoms with Crippen LogP contribution in [-0.4, -0.2) is 30.8 Å². The molecule has 2 N–H and O–H groups in total. The highest BCUT2D eigenvalue weighted by Gasteiger charge is 2.19. The van der Waals surface area contributed by atoms with E-state index in [9.17, 15) is 9.90 Å². The van der Waals surface area contributed by atoms with Crippen LogP contribution in [0.1, 0.15) is 23.0 Å². The van der Waals surface area contributed by atoms with Crippen molar-refractivity contribution in [2.75, 3.05) is 13.7 Å². The summed E-state index contributed by atoms with van der Waals surface area (Å²) in [4.78, 5) is 11.3. The van der Waals surface area contributed by atoms with E-state index in [-0.39, 0.29) is 11.7 Å². The predicted molar refractivity (Wildman–Crippen MR) is 71.4 cm³/mol. The summed E-state index contributed by atoms with van der Waals surface area (Å²) in [6, 6.07) is 7.14. The lowest BCUT2D eigenvalue weighted by Crippen LogP contribution is -2.25. The number of nitrogens with one attached hydrogen (secondary N) is 1. The van der Waals surface area contributed by atoms with Crippen LogP contribution in [-0.2, 0) is 11.3 Å². The molecule has 1 unspecified atom stereocenters. The Morgan fingerprint density at radius 2 is 2.21 bits per heavy atom. The summed E-state index contributed by atoms with van der Waals surface area (Å²) in [7, 11) is 1.64. The minimum Gasteiger partial charge on any atom is -0.478 e. The zero-order valence-corrected chi connectivity index (χ0v) is 11.0. The van der Waals surface area contributed by atoms with Gasteiger partial charge in [-0.1, -0.05) is 18.2 Å². The first-order valence-electron chi connectivity index (χ1n) is 6.10. The van der Waals surface area contributed by atoms with Crippen LogP contribution in [0.5, 0.6) is 0 Å². The monoisotopic (exact) mass is 263 g/mol. The van der Waals surface area contributed by atoms with Gasteiger partial charge in [0.2, 0.25) is 0 Å². The summed E-state index contributed by atoms with van der Waals surface area (Å²) in [5.41, 5.74) is 0.824. The van der Waals surface area contributed by atoms with Crippen LogP contribution in [0, 0.1) is 0 Å². The smallest absolute Gasteiger partial charge is 0.339 e. The van der Waals surface area contributed by atoms with Gasteiger partial charge in [-0.15, -0.1) is 0 Å². The van der Waals surface area contributed by atoms with E-state index < -0.39 is 5.97 Å². The number of benzene rings is 1. The van der Waals surface area contributed by atoms with Gasteiger partial charge < -0.3 is 19.6 Å². The van der Waals surface area contributed by atoms with Gasteiger partial charge in [0.05, 0.1) is 12.6 Å². The lowest BCUT2D eigenvalue weighted by Gasteiger charge is -2.09. The summed E-state index contributed by atoms with van der Waals surface area (Å²) in [6.07, 6.45) is 0.0673. The molecular weight excluding hydrogens is 246 g/mol. The number of rotatable bonds is 6. The zero-order chi connectivity index (χ0) is 13.8. The molecule has 102 valence electrons. The van der Waals surface area contributed by atoms with Gasteiger partial charge in [-0.2, -0.15) is 0 Å². The molecule has 0 spiro atoms. The van der Waals surface area contributed by atoms with Gasteiger partial charge in [0.15, 0.2) is 0 Å². The maximum Gasteiger partial charge on any atom is 0.339 e. The Morgan fingerprint density at radius 3 is 2.89 bits per heavy atom. The molecule has 1 atom stereocenters. The standard InChI is InChI=1S/C14H17NO4/c1-9(18-2)7-15-8-12-13(14(16)17)10-5-3-4-6-11(10)19-12/h3-6,9,15H,7-8H2,1-2H3,(H,16,17). The Labute approximate surface area is 111 Å². The Bertz CT molecular complexity index is 576. The second kappa shape index (κ2) is 5.86. The van der Waals surface area contributed by atoms with Crippen molar-refractivity contribution in [3.63, 3.8) is 0 Å². The third-order valence-corrected chi connectivity index (χ3v) is 3.00. The zero-order valence-electron chi connectivity index (χ0n) is 11.0. The molecule has 1 heterocycles. The van der Waals surface area contributed by atoms with Crippen molar-refractivity contribution < 1.29 is 19.1 Å². The molecule has 0 aliphatic rings. The Balaban J connectivity index is 2.22. The number of carboxylic acids is 1. The maximum absolute atomic E-state index is 11.3. The van der Waals surface area contributed by atoms with Crippen molar-refractivity contribution in [3.8, 4) is 0 Å². The number of para-hydroxylation sites is 1. The quantitative estimate of drug-likeness (QED) is 0.836. The Hall–Kier alpha value is -1.85. The molecule has 19 heavy (non-hydrogen) atoms. The molecule has 5 heteroatoms. The van der Waals surface area contributed by atoms with E-state index >= 15 is 0 Å². The first kappa shape index (κ1) is 13.6. The molecule has 0 saturated carbocycles. The first-order chi connectivity index (χ1) is 9.13. The topological polar surface area (TPSA) is 71.7 Å². The molecule has 1 aromatic heterocycles. The highest BCUT2D eigenvalue weighted by molar-refractivity contribution is 6.03. The average molecular weight is 263 g/mol. The number of fused-ring (bicyclic) bond motifs is 1. The van der Waals surface area contributed by atoms with Crippen LogP contribution >= 0.6 is 0 Å². The van der Waals surface area contributed by atoms with Gasteiger partial charge in [0.1, 0.15) is 16.9 Å².